The van der Waals surface area contributed by atoms with Crippen LogP contribution in [0.2, 0.25) is 0 Å². The van der Waals surface area contributed by atoms with Crippen molar-refractivity contribution in [2.24, 2.45) is 0 Å². The van der Waals surface area contributed by atoms with E-state index in [1.807, 2.05) is 5.38 Å². The highest BCUT2D eigenvalue weighted by Crippen LogP contribution is 2.02. The molecule has 0 atom stereocenters. The molecule has 0 aliphatic heterocycles. The number of nitrogens with two attached hydrogens (primary N) is 1. The number of aromatic nitrogens is 1. The maximum absolute atomic E-state index is 5.19. The third kappa shape index (κ3) is 2.95. The van der Waals surface area contributed by atoms with Crippen molar-refractivity contribution < 1.29 is 5.48 Å². The van der Waals surface area contributed by atoms with Gasteiger partial charge in [0, 0.05) is 11.6 Å². The van der Waals surface area contributed by atoms with Crippen molar-refractivity contribution in [3.63, 3.8) is 0 Å². The molecule has 0 aliphatic carbocycles. The lowest BCUT2D eigenvalue weighted by Crippen LogP contribution is -1.77. The zero-order valence-electron chi connectivity index (χ0n) is 4.00. The molecule has 0 saturated carbocycles. The summed E-state index contributed by atoms with van der Waals surface area (Å²) in [5.74, 6) is 0. The van der Waals surface area contributed by atoms with Gasteiger partial charge in [0.1, 0.15) is 0 Å². The van der Waals surface area contributed by atoms with Gasteiger partial charge in [-0.25, -0.2) is 4.98 Å². The normalized spacial score (nSPS) is 6.50. The van der Waals surface area contributed by atoms with Gasteiger partial charge in [0.15, 0.2) is 5.13 Å². The third-order valence-electron chi connectivity index (χ3n) is 0.451. The van der Waals surface area contributed by atoms with E-state index in [4.69, 9.17) is 5.73 Å². The van der Waals surface area contributed by atoms with Gasteiger partial charge in [-0.3, -0.25) is 0 Å². The van der Waals surface area contributed by atoms with Crippen molar-refractivity contribution in [1.82, 2.24) is 4.98 Å². The average Bonchev–Trinajstić information content (AvgIpc) is 1.86. The molecule has 1 rings (SSSR count). The number of nitrogen functional groups attached to an aromatic ring is 1. The lowest BCUT2D eigenvalue weighted by Gasteiger charge is -1.67. The highest BCUT2D eigenvalue weighted by atomic mass is 79.9. The number of halogens is 1. The molecule has 8 heavy (non-hydrogen) atoms. The molecule has 0 radical (unpaired) electrons. The zero-order chi connectivity index (χ0) is 4.41. The second kappa shape index (κ2) is 5.02. The van der Waals surface area contributed by atoms with E-state index in [1.54, 1.807) is 6.20 Å². The van der Waals surface area contributed by atoms with Crippen LogP contribution in [0.3, 0.4) is 0 Å². The molecule has 0 aliphatic rings. The Balaban J connectivity index is 0. The maximum Gasteiger partial charge on any atom is 0.179 e. The molecule has 5 heteroatoms. The van der Waals surface area contributed by atoms with Gasteiger partial charge in [-0.1, -0.05) is 0 Å². The maximum atomic E-state index is 5.19. The van der Waals surface area contributed by atoms with Crippen molar-refractivity contribution in [2.45, 2.75) is 0 Å². The summed E-state index contributed by atoms with van der Waals surface area (Å²) in [7, 11) is 0. The van der Waals surface area contributed by atoms with Crippen LogP contribution >= 0.6 is 28.3 Å². The van der Waals surface area contributed by atoms with Crippen LogP contribution in [0.4, 0.5) is 5.13 Å². The fourth-order valence-electron chi connectivity index (χ4n) is 0.234. The lowest BCUT2D eigenvalue weighted by molar-refractivity contribution is 0.824. The van der Waals surface area contributed by atoms with E-state index in [1.165, 1.54) is 11.3 Å². The molecule has 4 N–H and O–H groups in total. The van der Waals surface area contributed by atoms with Crippen LogP contribution < -0.4 is 5.73 Å². The highest BCUT2D eigenvalue weighted by molar-refractivity contribution is 8.93. The van der Waals surface area contributed by atoms with Crippen molar-refractivity contribution in [3.05, 3.63) is 11.6 Å². The largest absolute Gasteiger partial charge is 0.412 e. The molecule has 48 valence electrons. The van der Waals surface area contributed by atoms with E-state index >= 15 is 0 Å². The van der Waals surface area contributed by atoms with Crippen LogP contribution in [0.25, 0.3) is 0 Å². The van der Waals surface area contributed by atoms with Gasteiger partial charge in [0.2, 0.25) is 0 Å². The van der Waals surface area contributed by atoms with E-state index in [0.717, 1.165) is 0 Å². The predicted octanol–water partition coefficient (Wildman–Crippen LogP) is 0.478. The van der Waals surface area contributed by atoms with E-state index in [2.05, 4.69) is 4.98 Å². The van der Waals surface area contributed by atoms with Crippen LogP contribution in [-0.4, -0.2) is 10.5 Å². The van der Waals surface area contributed by atoms with Crippen LogP contribution in [0, 0.1) is 0 Å². The van der Waals surface area contributed by atoms with Crippen molar-refractivity contribution in [1.29, 1.82) is 0 Å². The van der Waals surface area contributed by atoms with Gasteiger partial charge >= 0.3 is 0 Å². The van der Waals surface area contributed by atoms with Crippen LogP contribution in [0.1, 0.15) is 0 Å². The second-order valence-electron chi connectivity index (χ2n) is 0.870. The number of thiazole rings is 1. The first-order chi connectivity index (χ1) is 2.89. The topological polar surface area (TPSA) is 70.4 Å². The van der Waals surface area contributed by atoms with Crippen LogP contribution in [0.5, 0.6) is 0 Å². The van der Waals surface area contributed by atoms with Gasteiger partial charge in [0.05, 0.1) is 0 Å². The fourth-order valence-corrected chi connectivity index (χ4v) is 0.617. The van der Waals surface area contributed by atoms with E-state index in [9.17, 15) is 0 Å². The van der Waals surface area contributed by atoms with Crippen molar-refractivity contribution in [2.75, 3.05) is 5.73 Å². The first-order valence-electron chi connectivity index (χ1n) is 1.54. The van der Waals surface area contributed by atoms with Gasteiger partial charge in [-0.2, -0.15) is 0 Å². The summed E-state index contributed by atoms with van der Waals surface area (Å²) in [5.41, 5.74) is 5.19. The summed E-state index contributed by atoms with van der Waals surface area (Å²) in [5, 5.41) is 2.48. The molecular weight excluding hydrogens is 192 g/mol. The monoisotopic (exact) mass is 198 g/mol. The standard InChI is InChI=1S/C3H4N2S.BrH.H2O/c4-3-5-1-2-6-3;;/h1-2H,(H2,4,5);1H;1H2. The molecule has 0 bridgehead atoms. The Morgan fingerprint density at radius 1 is 1.62 bits per heavy atom. The molecule has 0 saturated heterocycles. The molecule has 0 amide bonds. The zero-order valence-corrected chi connectivity index (χ0v) is 6.53. The molecule has 0 unspecified atom stereocenters. The first kappa shape index (κ1) is 10.8. The molecule has 0 fully saturated rings. The number of hydrogen-bond donors (Lipinski definition) is 1. The fraction of sp³-hybridized carbons (Fsp3) is 0. The number of nitrogens with zero attached hydrogens (tertiary/aromatic N) is 1. The predicted molar refractivity (Wildman–Crippen MR) is 40.5 cm³/mol. The summed E-state index contributed by atoms with van der Waals surface area (Å²) < 4.78 is 0. The number of hydrogen-bond acceptors (Lipinski definition) is 3. The smallest absolute Gasteiger partial charge is 0.179 e. The Labute approximate surface area is 61.6 Å². The summed E-state index contributed by atoms with van der Waals surface area (Å²) in [4.78, 5) is 3.71. The average molecular weight is 199 g/mol. The second-order valence-corrected chi connectivity index (χ2v) is 1.80. The van der Waals surface area contributed by atoms with Crippen LogP contribution in [0.15, 0.2) is 11.6 Å². The minimum atomic E-state index is 0. The quantitative estimate of drug-likeness (QED) is 0.659. The van der Waals surface area contributed by atoms with Crippen molar-refractivity contribution >= 4 is 33.4 Å². The Morgan fingerprint density at radius 2 is 2.25 bits per heavy atom. The number of anilines is 1. The van der Waals surface area contributed by atoms with Gasteiger partial charge in [-0.05, 0) is 0 Å². The minimum absolute atomic E-state index is 0. The van der Waals surface area contributed by atoms with E-state index in [-0.39, 0.29) is 22.5 Å². The lowest BCUT2D eigenvalue weighted by atomic mass is 11.0. The van der Waals surface area contributed by atoms with Gasteiger partial charge in [-0.15, -0.1) is 28.3 Å². The third-order valence-corrected chi connectivity index (χ3v) is 1.06. The highest BCUT2D eigenvalue weighted by Gasteiger charge is 1.76. The Kier molecular flexibility index (Phi) is 6.76. The van der Waals surface area contributed by atoms with E-state index < -0.39 is 0 Å². The Hall–Kier alpha value is -0.130. The van der Waals surface area contributed by atoms with Crippen molar-refractivity contribution in [3.8, 4) is 0 Å². The molecule has 3 nitrogen and oxygen atoms in total. The molecule has 0 aromatic carbocycles. The SMILES string of the molecule is Br.Nc1nccs1.O. The summed E-state index contributed by atoms with van der Waals surface area (Å²) in [6, 6.07) is 0. The Bertz CT molecular complexity index is 121. The molecule has 1 aromatic rings. The molecule has 0 spiro atoms. The minimum Gasteiger partial charge on any atom is -0.412 e. The Morgan fingerprint density at radius 3 is 2.38 bits per heavy atom. The molecule has 1 aromatic heterocycles. The summed E-state index contributed by atoms with van der Waals surface area (Å²) >= 11 is 1.44. The first-order valence-corrected chi connectivity index (χ1v) is 2.42. The molecule has 1 heterocycles. The summed E-state index contributed by atoms with van der Waals surface area (Å²) in [6.07, 6.45) is 1.68. The summed E-state index contributed by atoms with van der Waals surface area (Å²) in [6.45, 7) is 0. The van der Waals surface area contributed by atoms with E-state index in [0.29, 0.717) is 5.13 Å². The number of rotatable bonds is 0. The molecular formula is C3H7BrN2OS. The van der Waals surface area contributed by atoms with Gasteiger partial charge in [0.25, 0.3) is 0 Å². The van der Waals surface area contributed by atoms with Gasteiger partial charge < -0.3 is 11.2 Å². The van der Waals surface area contributed by atoms with Crippen LogP contribution in [-0.2, 0) is 0 Å².